The van der Waals surface area contributed by atoms with E-state index in [9.17, 15) is 14.7 Å². The summed E-state index contributed by atoms with van der Waals surface area (Å²) in [5.74, 6) is -2.25. The highest BCUT2D eigenvalue weighted by molar-refractivity contribution is 5.95. The third kappa shape index (κ3) is 3.81. The minimum atomic E-state index is -1.07. The maximum Gasteiger partial charge on any atom is 0.419 e. The number of amides is 2. The number of benzene rings is 1. The summed E-state index contributed by atoms with van der Waals surface area (Å²) in [4.78, 5) is 26.3. The van der Waals surface area contributed by atoms with Crippen molar-refractivity contribution in [2.75, 3.05) is 6.61 Å². The predicted octanol–water partition coefficient (Wildman–Crippen LogP) is 1.92. The van der Waals surface area contributed by atoms with E-state index in [1.165, 1.54) is 6.08 Å². The maximum atomic E-state index is 13.0. The zero-order valence-corrected chi connectivity index (χ0v) is 16.6. The molecule has 0 spiro atoms. The average molecular weight is 403 g/mol. The van der Waals surface area contributed by atoms with Crippen molar-refractivity contribution in [1.29, 1.82) is 0 Å². The van der Waals surface area contributed by atoms with Gasteiger partial charge in [0.2, 0.25) is 5.91 Å². The topological polar surface area (TPSA) is 94.5 Å². The van der Waals surface area contributed by atoms with Crippen molar-refractivity contribution in [3.05, 3.63) is 42.0 Å². The van der Waals surface area contributed by atoms with Crippen LogP contribution >= 0.6 is 0 Å². The van der Waals surface area contributed by atoms with Crippen LogP contribution in [0.25, 0.3) is 6.08 Å². The first-order valence-corrected chi connectivity index (χ1v) is 9.69. The number of aliphatic hydroxyl groups excluding tert-OH is 1. The van der Waals surface area contributed by atoms with Crippen molar-refractivity contribution in [1.82, 2.24) is 4.90 Å². The van der Waals surface area contributed by atoms with Crippen LogP contribution < -0.4 is 0 Å². The third-order valence-corrected chi connectivity index (χ3v) is 5.41. The second-order valence-corrected chi connectivity index (χ2v) is 7.96. The molecule has 0 aromatic heterocycles. The summed E-state index contributed by atoms with van der Waals surface area (Å²) in [5.41, 5.74) is 0.898. The molecule has 1 aromatic rings. The largest absolute Gasteiger partial charge is 0.438 e. The van der Waals surface area contributed by atoms with E-state index in [1.54, 1.807) is 26.8 Å². The van der Waals surface area contributed by atoms with E-state index < -0.39 is 54.3 Å². The standard InChI is InChI=1S/C21H25NO7/c1-12(14(23)10-9-13-7-5-4-6-8-13)18(24)22-19-17(28-20(22)25)16-15(27-19)11-26-21(2,3)29-16/h4-10,12,14-17,19,23H,11H2,1-3H3/b10-9+/t12-,14+,15-,16+,17-,19+/m1/s1. The summed E-state index contributed by atoms with van der Waals surface area (Å²) in [6.07, 6.45) is -1.15. The molecular weight excluding hydrogens is 378 g/mol. The lowest BCUT2D eigenvalue weighted by Crippen LogP contribution is -2.50. The number of carbonyl (C=O) groups excluding carboxylic acids is 2. The number of rotatable bonds is 4. The van der Waals surface area contributed by atoms with E-state index in [0.717, 1.165) is 10.5 Å². The minimum absolute atomic E-state index is 0.280. The van der Waals surface area contributed by atoms with Crippen LogP contribution in [-0.2, 0) is 23.7 Å². The van der Waals surface area contributed by atoms with Gasteiger partial charge in [-0.25, -0.2) is 9.69 Å². The Kier molecular flexibility index (Phi) is 5.20. The fraction of sp³-hybridized carbons (Fsp3) is 0.524. The smallest absolute Gasteiger partial charge is 0.419 e. The Labute approximate surface area is 169 Å². The van der Waals surface area contributed by atoms with Gasteiger partial charge in [-0.15, -0.1) is 0 Å². The molecular formula is C21H25NO7. The van der Waals surface area contributed by atoms with Gasteiger partial charge in [0, 0.05) is 0 Å². The molecule has 0 aliphatic carbocycles. The number of ether oxygens (including phenoxy) is 4. The summed E-state index contributed by atoms with van der Waals surface area (Å²) >= 11 is 0. The average Bonchev–Trinajstić information content (AvgIpc) is 3.19. The lowest BCUT2D eigenvalue weighted by atomic mass is 10.0. The van der Waals surface area contributed by atoms with Crippen molar-refractivity contribution in [2.24, 2.45) is 5.92 Å². The number of fused-ring (bicyclic) bond motifs is 3. The summed E-state index contributed by atoms with van der Waals surface area (Å²) in [7, 11) is 0. The van der Waals surface area contributed by atoms with Crippen molar-refractivity contribution in [3.63, 3.8) is 0 Å². The van der Waals surface area contributed by atoms with E-state index >= 15 is 0 Å². The number of hydrogen-bond acceptors (Lipinski definition) is 7. The second-order valence-electron chi connectivity index (χ2n) is 7.96. The molecule has 2 amide bonds. The molecule has 0 unspecified atom stereocenters. The molecule has 6 atom stereocenters. The van der Waals surface area contributed by atoms with Crippen LogP contribution in [0.1, 0.15) is 26.3 Å². The first-order chi connectivity index (χ1) is 13.8. The van der Waals surface area contributed by atoms with Gasteiger partial charge in [0.05, 0.1) is 18.6 Å². The van der Waals surface area contributed by atoms with E-state index in [1.807, 2.05) is 30.3 Å². The molecule has 0 saturated carbocycles. The molecule has 0 radical (unpaired) electrons. The molecule has 156 valence electrons. The summed E-state index contributed by atoms with van der Waals surface area (Å²) in [6.45, 7) is 5.39. The summed E-state index contributed by atoms with van der Waals surface area (Å²) < 4.78 is 22.7. The van der Waals surface area contributed by atoms with Crippen molar-refractivity contribution in [2.45, 2.75) is 57.2 Å². The van der Waals surface area contributed by atoms with E-state index in [4.69, 9.17) is 18.9 Å². The molecule has 3 aliphatic heterocycles. The van der Waals surface area contributed by atoms with Crippen LogP contribution in [-0.4, -0.2) is 65.0 Å². The fourth-order valence-electron chi connectivity index (χ4n) is 3.76. The van der Waals surface area contributed by atoms with E-state index in [2.05, 4.69) is 0 Å². The quantitative estimate of drug-likeness (QED) is 0.821. The highest BCUT2D eigenvalue weighted by atomic mass is 16.8. The lowest BCUT2D eigenvalue weighted by Gasteiger charge is -2.37. The van der Waals surface area contributed by atoms with Crippen LogP contribution in [0, 0.1) is 5.92 Å². The number of hydrogen-bond donors (Lipinski definition) is 1. The van der Waals surface area contributed by atoms with Crippen LogP contribution in [0.15, 0.2) is 36.4 Å². The van der Waals surface area contributed by atoms with Crippen molar-refractivity contribution in [3.8, 4) is 0 Å². The number of nitrogens with zero attached hydrogens (tertiary/aromatic N) is 1. The summed E-state index contributed by atoms with van der Waals surface area (Å²) in [5, 5.41) is 10.4. The SMILES string of the molecule is C[C@@H](C(=O)N1C(=O)O[C@@H]2[C@H]3OC(C)(C)OC[C@H]3O[C@@H]21)[C@@H](O)/C=C/c1ccccc1. The molecule has 3 aliphatic rings. The van der Waals surface area contributed by atoms with E-state index in [0.29, 0.717) is 0 Å². The monoisotopic (exact) mass is 403 g/mol. The molecule has 1 N–H and O–H groups in total. The Morgan fingerprint density at radius 3 is 2.72 bits per heavy atom. The highest BCUT2D eigenvalue weighted by Gasteiger charge is 2.61. The fourth-order valence-corrected chi connectivity index (χ4v) is 3.76. The van der Waals surface area contributed by atoms with Gasteiger partial charge >= 0.3 is 6.09 Å². The molecule has 29 heavy (non-hydrogen) atoms. The van der Waals surface area contributed by atoms with Gasteiger partial charge in [-0.3, -0.25) is 4.79 Å². The zero-order chi connectivity index (χ0) is 20.8. The number of imide groups is 1. The molecule has 3 saturated heterocycles. The Balaban J connectivity index is 1.46. The number of aliphatic hydroxyl groups is 1. The van der Waals surface area contributed by atoms with Gasteiger partial charge in [-0.1, -0.05) is 49.4 Å². The van der Waals surface area contributed by atoms with Gasteiger partial charge in [-0.2, -0.15) is 0 Å². The highest BCUT2D eigenvalue weighted by Crippen LogP contribution is 2.40. The zero-order valence-electron chi connectivity index (χ0n) is 16.6. The van der Waals surface area contributed by atoms with Crippen LogP contribution in [0.4, 0.5) is 4.79 Å². The van der Waals surface area contributed by atoms with Gasteiger partial charge in [0.15, 0.2) is 18.1 Å². The Hall–Kier alpha value is -2.26. The molecule has 4 rings (SSSR count). The van der Waals surface area contributed by atoms with Crippen LogP contribution in [0.3, 0.4) is 0 Å². The Morgan fingerprint density at radius 1 is 1.28 bits per heavy atom. The van der Waals surface area contributed by atoms with Gasteiger partial charge in [0.25, 0.3) is 0 Å². The van der Waals surface area contributed by atoms with Crippen molar-refractivity contribution >= 4 is 18.1 Å². The molecule has 0 bridgehead atoms. The molecule has 3 heterocycles. The molecule has 8 heteroatoms. The number of carbonyl (C=O) groups is 2. The molecule has 1 aromatic carbocycles. The first-order valence-electron chi connectivity index (χ1n) is 9.69. The predicted molar refractivity (Wildman–Crippen MR) is 101 cm³/mol. The third-order valence-electron chi connectivity index (χ3n) is 5.41. The second kappa shape index (κ2) is 7.53. The Bertz CT molecular complexity index is 809. The van der Waals surface area contributed by atoms with Crippen molar-refractivity contribution < 1.29 is 33.6 Å². The van der Waals surface area contributed by atoms with Gasteiger partial charge < -0.3 is 24.1 Å². The maximum absolute atomic E-state index is 13.0. The lowest BCUT2D eigenvalue weighted by molar-refractivity contribution is -0.301. The normalized spacial score (nSPS) is 32.6. The van der Waals surface area contributed by atoms with Crippen LogP contribution in [0.2, 0.25) is 0 Å². The van der Waals surface area contributed by atoms with Gasteiger partial charge in [0.1, 0.15) is 12.2 Å². The van der Waals surface area contributed by atoms with E-state index in [-0.39, 0.29) is 6.61 Å². The van der Waals surface area contributed by atoms with Gasteiger partial charge in [-0.05, 0) is 19.4 Å². The Morgan fingerprint density at radius 2 is 2.00 bits per heavy atom. The van der Waals surface area contributed by atoms with Crippen LogP contribution in [0.5, 0.6) is 0 Å². The molecule has 8 nitrogen and oxygen atoms in total. The summed E-state index contributed by atoms with van der Waals surface area (Å²) in [6, 6.07) is 9.42. The first kappa shape index (κ1) is 20.0. The molecule has 3 fully saturated rings. The minimum Gasteiger partial charge on any atom is -0.438 e.